The van der Waals surface area contributed by atoms with E-state index < -0.39 is 12.1 Å². The Kier molecular flexibility index (Phi) is 7.56. The first-order valence-electron chi connectivity index (χ1n) is 9.11. The van der Waals surface area contributed by atoms with Gasteiger partial charge < -0.3 is 21.7 Å². The molecule has 1 unspecified atom stereocenters. The van der Waals surface area contributed by atoms with Crippen molar-refractivity contribution in [2.45, 2.75) is 32.9 Å². The Bertz CT molecular complexity index is 804. The van der Waals surface area contributed by atoms with Crippen LogP contribution in [-0.4, -0.2) is 23.9 Å². The zero-order valence-electron chi connectivity index (χ0n) is 16.1. The van der Waals surface area contributed by atoms with Gasteiger partial charge in [-0.1, -0.05) is 56.3 Å². The summed E-state index contributed by atoms with van der Waals surface area (Å²) in [5.41, 5.74) is 7.41. The zero-order valence-corrected chi connectivity index (χ0v) is 16.1. The van der Waals surface area contributed by atoms with E-state index in [-0.39, 0.29) is 24.2 Å². The maximum Gasteiger partial charge on any atom is 0.316 e. The fraction of sp³-hybridized carbons (Fsp3) is 0.286. The summed E-state index contributed by atoms with van der Waals surface area (Å²) in [6, 6.07) is 15.1. The minimum atomic E-state index is -0.632. The molecule has 2 rings (SSSR count). The smallest absolute Gasteiger partial charge is 0.316 e. The Hall–Kier alpha value is -3.35. The first-order valence-corrected chi connectivity index (χ1v) is 9.11. The topological polar surface area (TPSA) is 113 Å². The maximum atomic E-state index is 12.6. The van der Waals surface area contributed by atoms with Gasteiger partial charge in [0.15, 0.2) is 0 Å². The highest BCUT2D eigenvalue weighted by Gasteiger charge is 2.23. The predicted octanol–water partition coefficient (Wildman–Crippen LogP) is 2.18. The van der Waals surface area contributed by atoms with E-state index in [2.05, 4.69) is 16.0 Å². The molecule has 7 heteroatoms. The van der Waals surface area contributed by atoms with Crippen molar-refractivity contribution in [2.24, 2.45) is 11.7 Å². The molecule has 0 spiro atoms. The van der Waals surface area contributed by atoms with Crippen LogP contribution in [0.1, 0.15) is 25.0 Å². The summed E-state index contributed by atoms with van der Waals surface area (Å²) in [6.07, 6.45) is 0.228. The molecule has 0 aromatic heterocycles. The Morgan fingerprint density at radius 1 is 0.929 bits per heavy atom. The molecule has 5 N–H and O–H groups in total. The molecular formula is C21H26N4O3. The third-order valence-corrected chi connectivity index (χ3v) is 4.16. The first kappa shape index (κ1) is 21.0. The standard InChI is InChI=1S/C21H26N4O3/c1-14(2)19(25-18(26)12-15-6-4-3-5-7-15)20(27)23-13-16-8-10-17(11-9-16)24-21(22)28/h3-11,14,19H,12-13H2,1-2H3,(H,23,27)(H,25,26)(H3,22,24,28). The van der Waals surface area contributed by atoms with Crippen molar-refractivity contribution in [3.05, 3.63) is 65.7 Å². The third-order valence-electron chi connectivity index (χ3n) is 4.16. The van der Waals surface area contributed by atoms with Crippen LogP contribution in [0.5, 0.6) is 0 Å². The second kappa shape index (κ2) is 10.1. The number of hydrogen-bond acceptors (Lipinski definition) is 3. The monoisotopic (exact) mass is 382 g/mol. The van der Waals surface area contributed by atoms with Gasteiger partial charge in [-0.15, -0.1) is 0 Å². The Labute approximate surface area is 164 Å². The molecule has 0 fully saturated rings. The van der Waals surface area contributed by atoms with Gasteiger partial charge in [0.1, 0.15) is 6.04 Å². The number of rotatable bonds is 8. The lowest BCUT2D eigenvalue weighted by atomic mass is 10.0. The number of benzene rings is 2. The highest BCUT2D eigenvalue weighted by molar-refractivity contribution is 5.89. The second-order valence-electron chi connectivity index (χ2n) is 6.86. The fourth-order valence-corrected chi connectivity index (χ4v) is 2.69. The number of anilines is 1. The molecule has 7 nitrogen and oxygen atoms in total. The van der Waals surface area contributed by atoms with Crippen LogP contribution < -0.4 is 21.7 Å². The van der Waals surface area contributed by atoms with Crippen LogP contribution >= 0.6 is 0 Å². The molecule has 0 heterocycles. The van der Waals surface area contributed by atoms with Gasteiger partial charge in [0.05, 0.1) is 6.42 Å². The van der Waals surface area contributed by atoms with E-state index in [0.29, 0.717) is 12.2 Å². The van der Waals surface area contributed by atoms with Crippen molar-refractivity contribution in [3.63, 3.8) is 0 Å². The quantitative estimate of drug-likeness (QED) is 0.561. The highest BCUT2D eigenvalue weighted by atomic mass is 16.2. The van der Waals surface area contributed by atoms with E-state index in [9.17, 15) is 14.4 Å². The third kappa shape index (κ3) is 6.75. The molecule has 0 aliphatic rings. The summed E-state index contributed by atoms with van der Waals surface area (Å²) < 4.78 is 0. The summed E-state index contributed by atoms with van der Waals surface area (Å²) in [4.78, 5) is 35.7. The van der Waals surface area contributed by atoms with Gasteiger partial charge in [0, 0.05) is 12.2 Å². The summed E-state index contributed by atoms with van der Waals surface area (Å²) in [7, 11) is 0. The van der Waals surface area contributed by atoms with E-state index in [1.807, 2.05) is 44.2 Å². The number of nitrogens with two attached hydrogens (primary N) is 1. The normalized spacial score (nSPS) is 11.5. The largest absolute Gasteiger partial charge is 0.351 e. The average molecular weight is 382 g/mol. The number of primary amides is 1. The molecule has 0 aliphatic carbocycles. The van der Waals surface area contributed by atoms with Gasteiger partial charge >= 0.3 is 6.03 Å². The maximum absolute atomic E-state index is 12.6. The molecule has 1 atom stereocenters. The molecule has 0 radical (unpaired) electrons. The predicted molar refractivity (Wildman–Crippen MR) is 108 cm³/mol. The van der Waals surface area contributed by atoms with Gasteiger partial charge in [0.25, 0.3) is 0 Å². The number of amides is 4. The van der Waals surface area contributed by atoms with Crippen LogP contribution in [0.4, 0.5) is 10.5 Å². The Balaban J connectivity index is 1.89. The van der Waals surface area contributed by atoms with E-state index in [4.69, 9.17) is 5.73 Å². The number of carbonyl (C=O) groups excluding carboxylic acids is 3. The van der Waals surface area contributed by atoms with Crippen LogP contribution in [0.3, 0.4) is 0 Å². The molecule has 28 heavy (non-hydrogen) atoms. The lowest BCUT2D eigenvalue weighted by Crippen LogP contribution is -2.49. The van der Waals surface area contributed by atoms with Gasteiger partial charge in [0.2, 0.25) is 11.8 Å². The Morgan fingerprint density at radius 2 is 1.57 bits per heavy atom. The number of urea groups is 1. The van der Waals surface area contributed by atoms with E-state index in [0.717, 1.165) is 11.1 Å². The van der Waals surface area contributed by atoms with Crippen molar-refractivity contribution in [3.8, 4) is 0 Å². The molecule has 2 aromatic carbocycles. The summed E-state index contributed by atoms with van der Waals surface area (Å²) >= 11 is 0. The van der Waals surface area contributed by atoms with E-state index >= 15 is 0 Å². The van der Waals surface area contributed by atoms with Crippen molar-refractivity contribution in [1.29, 1.82) is 0 Å². The van der Waals surface area contributed by atoms with Crippen LogP contribution in [0.15, 0.2) is 54.6 Å². The van der Waals surface area contributed by atoms with Crippen LogP contribution in [0.2, 0.25) is 0 Å². The minimum absolute atomic E-state index is 0.0538. The lowest BCUT2D eigenvalue weighted by Gasteiger charge is -2.22. The molecule has 2 aromatic rings. The fourth-order valence-electron chi connectivity index (χ4n) is 2.69. The number of hydrogen-bond donors (Lipinski definition) is 4. The van der Waals surface area contributed by atoms with Gasteiger partial charge in [-0.2, -0.15) is 0 Å². The zero-order chi connectivity index (χ0) is 20.5. The Morgan fingerprint density at radius 3 is 2.14 bits per heavy atom. The summed E-state index contributed by atoms with van der Waals surface area (Å²) in [6.45, 7) is 4.09. The van der Waals surface area contributed by atoms with Crippen molar-refractivity contribution in [1.82, 2.24) is 10.6 Å². The van der Waals surface area contributed by atoms with Gasteiger partial charge in [-0.25, -0.2) is 4.79 Å². The van der Waals surface area contributed by atoms with Gasteiger partial charge in [-0.3, -0.25) is 9.59 Å². The van der Waals surface area contributed by atoms with Crippen molar-refractivity contribution >= 4 is 23.5 Å². The molecule has 148 valence electrons. The lowest BCUT2D eigenvalue weighted by molar-refractivity contribution is -0.129. The van der Waals surface area contributed by atoms with Crippen LogP contribution in [0, 0.1) is 5.92 Å². The number of carbonyl (C=O) groups is 3. The van der Waals surface area contributed by atoms with Crippen molar-refractivity contribution in [2.75, 3.05) is 5.32 Å². The molecule has 0 bridgehead atoms. The molecule has 0 saturated carbocycles. The van der Waals surface area contributed by atoms with Gasteiger partial charge in [-0.05, 0) is 29.2 Å². The summed E-state index contributed by atoms with van der Waals surface area (Å²) in [5.74, 6) is -0.487. The van der Waals surface area contributed by atoms with Crippen LogP contribution in [-0.2, 0) is 22.6 Å². The second-order valence-corrected chi connectivity index (χ2v) is 6.86. The SMILES string of the molecule is CC(C)C(NC(=O)Cc1ccccc1)C(=O)NCc1ccc(NC(N)=O)cc1. The molecule has 0 saturated heterocycles. The number of nitrogens with one attached hydrogen (secondary N) is 3. The summed E-state index contributed by atoms with van der Waals surface area (Å²) in [5, 5.41) is 8.14. The highest BCUT2D eigenvalue weighted by Crippen LogP contribution is 2.10. The van der Waals surface area contributed by atoms with E-state index in [1.165, 1.54) is 0 Å². The molecule has 0 aliphatic heterocycles. The molecule has 4 amide bonds. The van der Waals surface area contributed by atoms with Crippen LogP contribution in [0.25, 0.3) is 0 Å². The molecular weight excluding hydrogens is 356 g/mol. The minimum Gasteiger partial charge on any atom is -0.351 e. The first-order chi connectivity index (χ1) is 13.3. The average Bonchev–Trinajstić information content (AvgIpc) is 2.65. The van der Waals surface area contributed by atoms with E-state index in [1.54, 1.807) is 24.3 Å². The van der Waals surface area contributed by atoms with Crippen molar-refractivity contribution < 1.29 is 14.4 Å².